The Bertz CT molecular complexity index is 1700. The maximum atomic E-state index is 7.82. The molecule has 5 nitrogen and oxygen atoms in total. The number of nitrogens with zero attached hydrogens (tertiary/aromatic N) is 2. The SMILES string of the molecule is Ic1cc(-c2[c-]cccc2)nc(-c2ccccn2)c1.[C-]#Cc1cc(OCCCCCCCCCCCC)c(OCCCCCCCCCCCC)c(OCCCCCCCCCCCC)c1.[Pt+2]. The van der Waals surface area contributed by atoms with Crippen molar-refractivity contribution in [1.29, 1.82) is 0 Å². The van der Waals surface area contributed by atoms with Gasteiger partial charge in [0.25, 0.3) is 0 Å². The Kier molecular flexibility index (Phi) is 37.8. The first-order chi connectivity index (χ1) is 32.6. The molecule has 0 bridgehead atoms. The second-order valence-corrected chi connectivity index (χ2v) is 19.3. The van der Waals surface area contributed by atoms with E-state index in [1.807, 2.05) is 60.7 Å². The zero-order valence-electron chi connectivity index (χ0n) is 42.1. The predicted octanol–water partition coefficient (Wildman–Crippen LogP) is 18.7. The fraction of sp³-hybridized carbons (Fsp3) is 0.600. The number of aromatic nitrogens is 2. The number of hydrogen-bond acceptors (Lipinski definition) is 5. The summed E-state index contributed by atoms with van der Waals surface area (Å²) >= 11 is 2.30. The monoisotopic (exact) mass is 1210 g/mol. The van der Waals surface area contributed by atoms with Crippen molar-refractivity contribution in [3.05, 3.63) is 94.6 Å². The second kappa shape index (κ2) is 42.0. The van der Waals surface area contributed by atoms with Gasteiger partial charge in [0.15, 0.2) is 5.75 Å². The van der Waals surface area contributed by atoms with Gasteiger partial charge in [-0.15, -0.1) is 41.5 Å². The average Bonchev–Trinajstić information content (AvgIpc) is 3.35. The third kappa shape index (κ3) is 29.0. The first-order valence-electron chi connectivity index (χ1n) is 26.6. The van der Waals surface area contributed by atoms with Crippen molar-refractivity contribution >= 4 is 22.6 Å². The van der Waals surface area contributed by atoms with Crippen LogP contribution in [0.4, 0.5) is 0 Å². The molecule has 0 saturated carbocycles. The number of rotatable bonds is 38. The van der Waals surface area contributed by atoms with Crippen molar-refractivity contribution in [3.63, 3.8) is 0 Å². The van der Waals surface area contributed by atoms with E-state index in [0.717, 1.165) is 51.2 Å². The van der Waals surface area contributed by atoms with Crippen LogP contribution < -0.4 is 14.2 Å². The number of halogens is 1. The van der Waals surface area contributed by atoms with Crippen LogP contribution in [0.3, 0.4) is 0 Å². The van der Waals surface area contributed by atoms with Crippen LogP contribution >= 0.6 is 22.6 Å². The van der Waals surface area contributed by atoms with E-state index in [4.69, 9.17) is 20.6 Å². The van der Waals surface area contributed by atoms with Crippen molar-refractivity contribution in [3.8, 4) is 45.8 Å². The third-order valence-corrected chi connectivity index (χ3v) is 12.7. The van der Waals surface area contributed by atoms with Gasteiger partial charge in [0.1, 0.15) is 11.5 Å². The van der Waals surface area contributed by atoms with Crippen molar-refractivity contribution in [1.82, 2.24) is 9.97 Å². The first kappa shape index (κ1) is 60.2. The Morgan fingerprint density at radius 1 is 0.493 bits per heavy atom. The van der Waals surface area contributed by atoms with Crippen LogP contribution in [-0.2, 0) is 21.1 Å². The minimum absolute atomic E-state index is 0. The molecule has 0 spiro atoms. The Labute approximate surface area is 438 Å². The largest absolute Gasteiger partial charge is 2.00 e. The van der Waals surface area contributed by atoms with E-state index in [2.05, 4.69) is 71.4 Å². The molecule has 2 aromatic carbocycles. The average molecular weight is 1210 g/mol. The summed E-state index contributed by atoms with van der Waals surface area (Å²) in [5.74, 6) is 4.71. The summed E-state index contributed by atoms with van der Waals surface area (Å²) in [6.07, 6.45) is 48.8. The van der Waals surface area contributed by atoms with E-state index in [0.29, 0.717) is 36.9 Å². The van der Waals surface area contributed by atoms with Gasteiger partial charge in [-0.25, -0.2) is 0 Å². The molecule has 2 aromatic heterocycles. The van der Waals surface area contributed by atoms with Gasteiger partial charge in [0.05, 0.1) is 31.2 Å². The molecular formula is C60H87IN2O3Pt. The summed E-state index contributed by atoms with van der Waals surface area (Å²) in [5.41, 5.74) is 4.39. The van der Waals surface area contributed by atoms with Crippen molar-refractivity contribution in [2.75, 3.05) is 19.8 Å². The molecule has 67 heavy (non-hydrogen) atoms. The summed E-state index contributed by atoms with van der Waals surface area (Å²) in [6.45, 7) is 8.86. The number of pyridine rings is 2. The van der Waals surface area contributed by atoms with E-state index in [-0.39, 0.29) is 21.1 Å². The van der Waals surface area contributed by atoms with E-state index in [9.17, 15) is 0 Å². The smallest absolute Gasteiger partial charge is 0.491 e. The summed E-state index contributed by atoms with van der Waals surface area (Å²) in [4.78, 5) is 9.02. The zero-order valence-corrected chi connectivity index (χ0v) is 46.5. The molecule has 0 aliphatic rings. The number of hydrogen-bond donors (Lipinski definition) is 0. The Morgan fingerprint density at radius 3 is 1.31 bits per heavy atom. The van der Waals surface area contributed by atoms with Gasteiger partial charge in [-0.2, -0.15) is 0 Å². The quantitative estimate of drug-likeness (QED) is 0.0194. The van der Waals surface area contributed by atoms with Crippen LogP contribution in [0.25, 0.3) is 22.6 Å². The van der Waals surface area contributed by atoms with E-state index in [1.54, 1.807) is 6.20 Å². The van der Waals surface area contributed by atoms with E-state index < -0.39 is 0 Å². The van der Waals surface area contributed by atoms with E-state index >= 15 is 0 Å². The molecule has 0 saturated heterocycles. The Hall–Kier alpha value is -2.88. The van der Waals surface area contributed by atoms with Crippen molar-refractivity contribution in [2.45, 2.75) is 213 Å². The first-order valence-corrected chi connectivity index (χ1v) is 27.7. The summed E-state index contributed by atoms with van der Waals surface area (Å²) < 4.78 is 20.2. The molecule has 0 aliphatic heterocycles. The standard InChI is InChI=1S/C44H77O3.C16H10IN2.Pt/c1-5-9-12-15-18-21-24-27-30-33-36-45-42-39-41(8-4)40-43(46-37-34-31-28-25-22-19-16-13-10-6-2)44(42)47-38-35-32-29-26-23-20-17-14-11-7-3;17-13-10-15(12-6-2-1-3-7-12)19-16(11-13)14-8-4-5-9-18-14;/h39-40H,5-7,9-38H2,1-3H3;1-6,8-11H;/q2*-1;+2. The Morgan fingerprint density at radius 2 is 0.910 bits per heavy atom. The summed E-state index contributed by atoms with van der Waals surface area (Å²) in [5, 5.41) is 0. The molecule has 0 fully saturated rings. The summed E-state index contributed by atoms with van der Waals surface area (Å²) in [7, 11) is 0. The van der Waals surface area contributed by atoms with Gasteiger partial charge in [-0.3, -0.25) is 15.9 Å². The van der Waals surface area contributed by atoms with Gasteiger partial charge >= 0.3 is 21.1 Å². The van der Waals surface area contributed by atoms with Crippen LogP contribution in [0.2, 0.25) is 0 Å². The van der Waals surface area contributed by atoms with Crippen molar-refractivity contribution < 1.29 is 35.3 Å². The predicted molar refractivity (Wildman–Crippen MR) is 289 cm³/mol. The normalized spacial score (nSPS) is 10.7. The number of ether oxygens (including phenoxy) is 3. The van der Waals surface area contributed by atoms with Crippen LogP contribution in [0.5, 0.6) is 17.2 Å². The molecule has 0 atom stereocenters. The minimum atomic E-state index is 0. The van der Waals surface area contributed by atoms with Crippen LogP contribution in [-0.4, -0.2) is 29.8 Å². The molecule has 372 valence electrons. The summed E-state index contributed by atoms with van der Waals surface area (Å²) in [6, 6.07) is 24.8. The van der Waals surface area contributed by atoms with Crippen LogP contribution in [0.1, 0.15) is 219 Å². The van der Waals surface area contributed by atoms with Gasteiger partial charge in [-0.05, 0) is 65.7 Å². The molecule has 4 aromatic rings. The molecule has 0 amide bonds. The minimum Gasteiger partial charge on any atom is -0.491 e. The van der Waals surface area contributed by atoms with E-state index in [1.165, 1.54) is 173 Å². The topological polar surface area (TPSA) is 53.5 Å². The van der Waals surface area contributed by atoms with Gasteiger partial charge < -0.3 is 20.6 Å². The maximum absolute atomic E-state index is 7.82. The third-order valence-electron chi connectivity index (χ3n) is 12.1. The van der Waals surface area contributed by atoms with Gasteiger partial charge in [-0.1, -0.05) is 218 Å². The van der Waals surface area contributed by atoms with Gasteiger partial charge in [0, 0.05) is 9.77 Å². The number of benzene rings is 2. The maximum Gasteiger partial charge on any atom is 2.00 e. The molecule has 2 heterocycles. The second-order valence-electron chi connectivity index (χ2n) is 18.1. The molecule has 0 aliphatic carbocycles. The molecular weight excluding hydrogens is 1120 g/mol. The molecule has 0 radical (unpaired) electrons. The van der Waals surface area contributed by atoms with Crippen molar-refractivity contribution in [2.24, 2.45) is 0 Å². The fourth-order valence-corrected chi connectivity index (χ4v) is 8.74. The fourth-order valence-electron chi connectivity index (χ4n) is 8.15. The zero-order chi connectivity index (χ0) is 47.0. The van der Waals surface area contributed by atoms with Crippen LogP contribution in [0.15, 0.2) is 72.9 Å². The molecule has 0 N–H and O–H groups in total. The van der Waals surface area contributed by atoms with Crippen LogP contribution in [0, 0.1) is 22.0 Å². The Balaban J connectivity index is 0.000000632. The number of unbranched alkanes of at least 4 members (excludes halogenated alkanes) is 27. The molecule has 4 rings (SSSR count). The molecule has 0 unspecified atom stereocenters. The van der Waals surface area contributed by atoms with Gasteiger partial charge in [0.2, 0.25) is 0 Å². The molecule has 7 heteroatoms.